The molecule has 0 N–H and O–H groups in total. The molecule has 2 aromatic rings. The summed E-state index contributed by atoms with van der Waals surface area (Å²) in [6.07, 6.45) is 1.69. The molecule has 0 bridgehead atoms. The molecule has 0 aliphatic rings. The van der Waals surface area contributed by atoms with E-state index in [9.17, 15) is 4.79 Å². The minimum absolute atomic E-state index is 0.0515. The molecule has 0 radical (unpaired) electrons. The van der Waals surface area contributed by atoms with Gasteiger partial charge in [0.15, 0.2) is 0 Å². The Kier molecular flexibility index (Phi) is 2.55. The Bertz CT molecular complexity index is 549. The summed E-state index contributed by atoms with van der Waals surface area (Å²) in [5, 5.41) is 1.54. The second-order valence-electron chi connectivity index (χ2n) is 4.92. The molecule has 0 amide bonds. The molecule has 0 aliphatic carbocycles. The molecule has 2 nitrogen and oxygen atoms in total. The summed E-state index contributed by atoms with van der Waals surface area (Å²) >= 11 is 6.10. The fraction of sp³-hybridized carbons (Fsp3) is 0.308. The standard InChI is InChI=1S/C13H14ClNO/c1-13(2,3)12(16)15-8-10(14)9-6-4-5-7-11(9)15/h4-8H,1-3H3. The lowest BCUT2D eigenvalue weighted by Crippen LogP contribution is -2.25. The SMILES string of the molecule is CC(C)(C)C(=O)n1cc(Cl)c2ccccc21. The molecule has 2 rings (SSSR count). The number of hydrogen-bond donors (Lipinski definition) is 0. The van der Waals surface area contributed by atoms with E-state index in [0.717, 1.165) is 10.9 Å². The zero-order valence-electron chi connectivity index (χ0n) is 9.62. The van der Waals surface area contributed by atoms with E-state index in [0.29, 0.717) is 5.02 Å². The van der Waals surface area contributed by atoms with Crippen molar-refractivity contribution >= 4 is 28.4 Å². The van der Waals surface area contributed by atoms with Crippen molar-refractivity contribution in [1.29, 1.82) is 0 Å². The van der Waals surface area contributed by atoms with Gasteiger partial charge in [0.2, 0.25) is 5.91 Å². The lowest BCUT2D eigenvalue weighted by molar-refractivity contribution is 0.0772. The highest BCUT2D eigenvalue weighted by atomic mass is 35.5. The Hall–Kier alpha value is -1.28. The van der Waals surface area contributed by atoms with Crippen LogP contribution < -0.4 is 0 Å². The Morgan fingerprint density at radius 1 is 1.25 bits per heavy atom. The number of halogens is 1. The topological polar surface area (TPSA) is 22.0 Å². The molecule has 84 valence electrons. The van der Waals surface area contributed by atoms with Gasteiger partial charge >= 0.3 is 0 Å². The van der Waals surface area contributed by atoms with Gasteiger partial charge in [-0.25, -0.2) is 0 Å². The monoisotopic (exact) mass is 235 g/mol. The van der Waals surface area contributed by atoms with Crippen molar-refractivity contribution in [2.24, 2.45) is 5.41 Å². The van der Waals surface area contributed by atoms with Crippen LogP contribution in [0.15, 0.2) is 30.5 Å². The van der Waals surface area contributed by atoms with Crippen LogP contribution in [0.1, 0.15) is 25.6 Å². The maximum atomic E-state index is 12.2. The van der Waals surface area contributed by atoms with Crippen molar-refractivity contribution in [2.45, 2.75) is 20.8 Å². The average Bonchev–Trinajstić information content (AvgIpc) is 2.55. The van der Waals surface area contributed by atoms with E-state index >= 15 is 0 Å². The number of nitrogens with zero attached hydrogens (tertiary/aromatic N) is 1. The molecule has 0 saturated heterocycles. The van der Waals surface area contributed by atoms with Crippen LogP contribution in [-0.4, -0.2) is 10.5 Å². The lowest BCUT2D eigenvalue weighted by Gasteiger charge is -2.17. The van der Waals surface area contributed by atoms with Crippen molar-refractivity contribution in [2.75, 3.05) is 0 Å². The maximum Gasteiger partial charge on any atom is 0.236 e. The van der Waals surface area contributed by atoms with Crippen LogP contribution in [0, 0.1) is 5.41 Å². The van der Waals surface area contributed by atoms with Gasteiger partial charge in [-0.3, -0.25) is 9.36 Å². The summed E-state index contributed by atoms with van der Waals surface area (Å²) in [5.74, 6) is 0.0515. The van der Waals surface area contributed by atoms with Gasteiger partial charge < -0.3 is 0 Å². The Morgan fingerprint density at radius 2 is 1.88 bits per heavy atom. The largest absolute Gasteiger partial charge is 0.285 e. The minimum atomic E-state index is -0.412. The number of aromatic nitrogens is 1. The normalized spacial score (nSPS) is 12.0. The molecule has 0 fully saturated rings. The fourth-order valence-electron chi connectivity index (χ4n) is 1.67. The first-order chi connectivity index (χ1) is 7.41. The second-order valence-corrected chi connectivity index (χ2v) is 5.33. The smallest absolute Gasteiger partial charge is 0.236 e. The molecule has 0 saturated carbocycles. The Labute approximate surface area is 99.8 Å². The van der Waals surface area contributed by atoms with Gasteiger partial charge in [-0.15, -0.1) is 0 Å². The molecule has 1 aromatic heterocycles. The van der Waals surface area contributed by atoms with Crippen LogP contribution >= 0.6 is 11.6 Å². The molecule has 0 atom stereocenters. The molecule has 1 heterocycles. The molecular weight excluding hydrogens is 222 g/mol. The fourth-order valence-corrected chi connectivity index (χ4v) is 1.92. The average molecular weight is 236 g/mol. The number of carbonyl (C=O) groups excluding carboxylic acids is 1. The first-order valence-corrected chi connectivity index (χ1v) is 5.59. The highest BCUT2D eigenvalue weighted by Crippen LogP contribution is 2.28. The molecule has 0 aliphatic heterocycles. The van der Waals surface area contributed by atoms with Gasteiger partial charge in [0.1, 0.15) is 0 Å². The summed E-state index contributed by atoms with van der Waals surface area (Å²) in [6.45, 7) is 5.70. The zero-order valence-corrected chi connectivity index (χ0v) is 10.4. The number of benzene rings is 1. The van der Waals surface area contributed by atoms with Crippen molar-refractivity contribution in [1.82, 2.24) is 4.57 Å². The minimum Gasteiger partial charge on any atom is -0.285 e. The van der Waals surface area contributed by atoms with Crippen molar-refractivity contribution in [3.63, 3.8) is 0 Å². The summed E-state index contributed by atoms with van der Waals surface area (Å²) in [4.78, 5) is 12.2. The van der Waals surface area contributed by atoms with E-state index in [4.69, 9.17) is 11.6 Å². The van der Waals surface area contributed by atoms with Gasteiger partial charge in [-0.05, 0) is 6.07 Å². The van der Waals surface area contributed by atoms with Crippen LogP contribution in [0.3, 0.4) is 0 Å². The predicted molar refractivity (Wildman–Crippen MR) is 67.0 cm³/mol. The first-order valence-electron chi connectivity index (χ1n) is 5.21. The van der Waals surface area contributed by atoms with E-state index in [1.165, 1.54) is 0 Å². The van der Waals surface area contributed by atoms with Gasteiger partial charge in [0.05, 0.1) is 10.5 Å². The van der Waals surface area contributed by atoms with Crippen molar-refractivity contribution < 1.29 is 4.79 Å². The summed E-state index contributed by atoms with van der Waals surface area (Å²) in [6, 6.07) is 7.65. The van der Waals surface area contributed by atoms with E-state index < -0.39 is 5.41 Å². The highest BCUT2D eigenvalue weighted by Gasteiger charge is 2.24. The number of rotatable bonds is 0. The van der Waals surface area contributed by atoms with Crippen LogP contribution in [0.5, 0.6) is 0 Å². The Balaban J connectivity index is 2.67. The zero-order chi connectivity index (χ0) is 11.9. The quantitative estimate of drug-likeness (QED) is 0.677. The maximum absolute atomic E-state index is 12.2. The highest BCUT2D eigenvalue weighted by molar-refractivity contribution is 6.36. The van der Waals surface area contributed by atoms with Crippen LogP contribution in [0.2, 0.25) is 5.02 Å². The van der Waals surface area contributed by atoms with Gasteiger partial charge in [0, 0.05) is 17.0 Å². The van der Waals surface area contributed by atoms with Crippen LogP contribution in [0.25, 0.3) is 10.9 Å². The summed E-state index contributed by atoms with van der Waals surface area (Å²) in [5.41, 5.74) is 0.456. The van der Waals surface area contributed by atoms with Gasteiger partial charge in [0.25, 0.3) is 0 Å². The number of para-hydroxylation sites is 1. The summed E-state index contributed by atoms with van der Waals surface area (Å²) < 4.78 is 1.64. The molecule has 0 unspecified atom stereocenters. The van der Waals surface area contributed by atoms with E-state index in [1.807, 2.05) is 45.0 Å². The van der Waals surface area contributed by atoms with Crippen LogP contribution in [0.4, 0.5) is 0 Å². The third kappa shape index (κ3) is 1.74. The molecule has 1 aromatic carbocycles. The number of carbonyl (C=O) groups is 1. The van der Waals surface area contributed by atoms with E-state index in [1.54, 1.807) is 10.8 Å². The van der Waals surface area contributed by atoms with Gasteiger partial charge in [-0.1, -0.05) is 50.6 Å². The van der Waals surface area contributed by atoms with Crippen LogP contribution in [-0.2, 0) is 0 Å². The molecule has 0 spiro atoms. The number of fused-ring (bicyclic) bond motifs is 1. The lowest BCUT2D eigenvalue weighted by atomic mass is 9.95. The molecule has 3 heteroatoms. The first kappa shape index (κ1) is 11.2. The van der Waals surface area contributed by atoms with Crippen molar-refractivity contribution in [3.05, 3.63) is 35.5 Å². The van der Waals surface area contributed by atoms with E-state index in [-0.39, 0.29) is 5.91 Å². The third-order valence-corrected chi connectivity index (χ3v) is 2.82. The van der Waals surface area contributed by atoms with E-state index in [2.05, 4.69) is 0 Å². The second kappa shape index (κ2) is 3.63. The van der Waals surface area contributed by atoms with Crippen molar-refractivity contribution in [3.8, 4) is 0 Å². The number of hydrogen-bond acceptors (Lipinski definition) is 1. The van der Waals surface area contributed by atoms with Gasteiger partial charge in [-0.2, -0.15) is 0 Å². The molecule has 16 heavy (non-hydrogen) atoms. The predicted octanol–water partition coefficient (Wildman–Crippen LogP) is 3.98. The third-order valence-electron chi connectivity index (χ3n) is 2.52. The summed E-state index contributed by atoms with van der Waals surface area (Å²) in [7, 11) is 0. The molecular formula is C13H14ClNO. The Morgan fingerprint density at radius 3 is 2.50 bits per heavy atom.